The monoisotopic (exact) mass is 296 g/mol. The Labute approximate surface area is 106 Å². The Hall–Kier alpha value is -1.76. The molecule has 0 saturated heterocycles. The predicted octanol–water partition coefficient (Wildman–Crippen LogP) is 1.81. The largest absolute Gasteiger partial charge is 0.461 e. The second kappa shape index (κ2) is 5.05. The number of nitrogens with one attached hydrogen (secondary N) is 1. The fourth-order valence-corrected chi connectivity index (χ4v) is 1.40. The normalized spacial score (nSPS) is 10.2. The minimum atomic E-state index is -0.441. The highest BCUT2D eigenvalue weighted by Crippen LogP contribution is 2.14. The maximum atomic E-state index is 11.4. The average Bonchev–Trinajstić information content (AvgIpc) is 2.80. The maximum absolute atomic E-state index is 11.4. The van der Waals surface area contributed by atoms with Crippen molar-refractivity contribution in [1.82, 2.24) is 20.2 Å². The average molecular weight is 297 g/mol. The predicted molar refractivity (Wildman–Crippen MR) is 63.3 cm³/mol. The van der Waals surface area contributed by atoms with Gasteiger partial charge in [-0.3, -0.25) is 5.10 Å². The number of hydrogen-bond donors (Lipinski definition) is 1. The van der Waals surface area contributed by atoms with Gasteiger partial charge in [0.05, 0.1) is 11.1 Å². The van der Waals surface area contributed by atoms with Crippen molar-refractivity contribution in [3.05, 3.63) is 28.6 Å². The maximum Gasteiger partial charge on any atom is 0.356 e. The van der Waals surface area contributed by atoms with Crippen molar-refractivity contribution in [2.75, 3.05) is 6.61 Å². The van der Waals surface area contributed by atoms with Gasteiger partial charge in [0.15, 0.2) is 5.82 Å². The standard InChI is InChI=1S/C10H9BrN4O2/c1-2-17-10(16)8-3-7(14-15-8)9-12-4-6(11)5-13-9/h3-5H,2H2,1H3,(H,14,15). The molecule has 0 saturated carbocycles. The second-order valence-electron chi connectivity index (χ2n) is 3.11. The van der Waals surface area contributed by atoms with E-state index in [-0.39, 0.29) is 5.69 Å². The van der Waals surface area contributed by atoms with Crippen LogP contribution in [-0.4, -0.2) is 32.7 Å². The van der Waals surface area contributed by atoms with Crippen LogP contribution in [0.1, 0.15) is 17.4 Å². The lowest BCUT2D eigenvalue weighted by Gasteiger charge is -1.96. The van der Waals surface area contributed by atoms with Crippen LogP contribution in [-0.2, 0) is 4.74 Å². The Morgan fingerprint density at radius 3 is 2.82 bits per heavy atom. The van der Waals surface area contributed by atoms with Crippen LogP contribution in [0.2, 0.25) is 0 Å². The first kappa shape index (κ1) is 11.7. The van der Waals surface area contributed by atoms with Gasteiger partial charge in [-0.15, -0.1) is 0 Å². The third-order valence-corrected chi connectivity index (χ3v) is 2.33. The lowest BCUT2D eigenvalue weighted by molar-refractivity contribution is 0.0519. The number of nitrogens with zero attached hydrogens (tertiary/aromatic N) is 3. The van der Waals surface area contributed by atoms with E-state index in [0.29, 0.717) is 18.1 Å². The highest BCUT2D eigenvalue weighted by Gasteiger charge is 2.12. The van der Waals surface area contributed by atoms with Crippen molar-refractivity contribution in [2.45, 2.75) is 6.92 Å². The number of H-pyrrole nitrogens is 1. The Morgan fingerprint density at radius 2 is 2.18 bits per heavy atom. The summed E-state index contributed by atoms with van der Waals surface area (Å²) in [5.74, 6) is 0.00311. The van der Waals surface area contributed by atoms with E-state index in [1.807, 2.05) is 0 Å². The number of esters is 1. The van der Waals surface area contributed by atoms with Crippen LogP contribution in [0.3, 0.4) is 0 Å². The second-order valence-corrected chi connectivity index (χ2v) is 4.03. The first-order valence-electron chi connectivity index (χ1n) is 4.91. The Bertz CT molecular complexity index is 523. The molecule has 0 fully saturated rings. The molecule has 0 spiro atoms. The number of carbonyl (C=O) groups excluding carboxylic acids is 1. The van der Waals surface area contributed by atoms with Crippen molar-refractivity contribution in [3.63, 3.8) is 0 Å². The zero-order valence-electron chi connectivity index (χ0n) is 8.98. The van der Waals surface area contributed by atoms with Gasteiger partial charge in [-0.2, -0.15) is 5.10 Å². The van der Waals surface area contributed by atoms with Gasteiger partial charge in [0.25, 0.3) is 0 Å². The molecule has 17 heavy (non-hydrogen) atoms. The fraction of sp³-hybridized carbons (Fsp3) is 0.200. The zero-order valence-corrected chi connectivity index (χ0v) is 10.6. The van der Waals surface area contributed by atoms with Gasteiger partial charge in [-0.25, -0.2) is 14.8 Å². The van der Waals surface area contributed by atoms with Crippen molar-refractivity contribution in [1.29, 1.82) is 0 Å². The van der Waals surface area contributed by atoms with E-state index < -0.39 is 5.97 Å². The molecule has 7 heteroatoms. The van der Waals surface area contributed by atoms with Crippen LogP contribution >= 0.6 is 15.9 Å². The van der Waals surface area contributed by atoms with E-state index in [4.69, 9.17) is 4.74 Å². The molecule has 0 unspecified atom stereocenters. The number of rotatable bonds is 3. The van der Waals surface area contributed by atoms with Gasteiger partial charge in [0, 0.05) is 18.5 Å². The molecule has 1 N–H and O–H groups in total. The highest BCUT2D eigenvalue weighted by atomic mass is 79.9. The number of aromatic amines is 1. The third kappa shape index (κ3) is 2.68. The van der Waals surface area contributed by atoms with E-state index in [9.17, 15) is 4.79 Å². The van der Waals surface area contributed by atoms with Crippen molar-refractivity contribution in [2.24, 2.45) is 0 Å². The molecule has 0 aliphatic heterocycles. The highest BCUT2D eigenvalue weighted by molar-refractivity contribution is 9.10. The summed E-state index contributed by atoms with van der Waals surface area (Å²) < 4.78 is 5.62. The van der Waals surface area contributed by atoms with Crippen LogP contribution in [0, 0.1) is 0 Å². The van der Waals surface area contributed by atoms with Crippen molar-refractivity contribution >= 4 is 21.9 Å². The smallest absolute Gasteiger partial charge is 0.356 e. The van der Waals surface area contributed by atoms with Crippen LogP contribution in [0.25, 0.3) is 11.5 Å². The minimum absolute atomic E-state index is 0.286. The summed E-state index contributed by atoms with van der Waals surface area (Å²) in [5, 5.41) is 6.54. The van der Waals surface area contributed by atoms with Crippen molar-refractivity contribution in [3.8, 4) is 11.5 Å². The Morgan fingerprint density at radius 1 is 1.47 bits per heavy atom. The molecule has 0 amide bonds. The summed E-state index contributed by atoms with van der Waals surface area (Å²) in [6.45, 7) is 2.06. The van der Waals surface area contributed by atoms with E-state index >= 15 is 0 Å². The summed E-state index contributed by atoms with van der Waals surface area (Å²) in [4.78, 5) is 19.6. The molecular weight excluding hydrogens is 288 g/mol. The molecule has 2 aromatic heterocycles. The fourth-order valence-electron chi connectivity index (χ4n) is 1.19. The first-order valence-corrected chi connectivity index (χ1v) is 5.70. The van der Waals surface area contributed by atoms with Crippen LogP contribution in [0.4, 0.5) is 0 Å². The van der Waals surface area contributed by atoms with Gasteiger partial charge >= 0.3 is 5.97 Å². The molecule has 2 rings (SSSR count). The number of hydrogen-bond acceptors (Lipinski definition) is 5. The van der Waals surface area contributed by atoms with Crippen molar-refractivity contribution < 1.29 is 9.53 Å². The summed E-state index contributed by atoms with van der Waals surface area (Å²) in [6, 6.07) is 1.56. The van der Waals surface area contributed by atoms with Crippen LogP contribution in [0.5, 0.6) is 0 Å². The zero-order chi connectivity index (χ0) is 12.3. The van der Waals surface area contributed by atoms with Gasteiger partial charge < -0.3 is 4.74 Å². The SMILES string of the molecule is CCOC(=O)c1cc(-c2ncc(Br)cn2)n[nH]1. The number of aromatic nitrogens is 4. The topological polar surface area (TPSA) is 80.8 Å². The van der Waals surface area contributed by atoms with Gasteiger partial charge in [0.2, 0.25) is 0 Å². The third-order valence-electron chi connectivity index (χ3n) is 1.92. The van der Waals surface area contributed by atoms with Gasteiger partial charge in [-0.1, -0.05) is 0 Å². The summed E-state index contributed by atoms with van der Waals surface area (Å²) in [7, 11) is 0. The summed E-state index contributed by atoms with van der Waals surface area (Å²) in [5.41, 5.74) is 0.786. The molecule has 0 aliphatic carbocycles. The first-order chi connectivity index (χ1) is 8.20. The van der Waals surface area contributed by atoms with E-state index in [2.05, 4.69) is 36.1 Å². The molecular formula is C10H9BrN4O2. The minimum Gasteiger partial charge on any atom is -0.461 e. The molecule has 2 aromatic rings. The molecule has 6 nitrogen and oxygen atoms in total. The van der Waals surface area contributed by atoms with Gasteiger partial charge in [0.1, 0.15) is 11.4 Å². The molecule has 0 bridgehead atoms. The number of ether oxygens (including phenoxy) is 1. The molecule has 88 valence electrons. The molecule has 0 radical (unpaired) electrons. The molecule has 0 aliphatic rings. The summed E-state index contributed by atoms with van der Waals surface area (Å²) >= 11 is 3.24. The van der Waals surface area contributed by atoms with E-state index in [0.717, 1.165) is 4.47 Å². The van der Waals surface area contributed by atoms with Gasteiger partial charge in [-0.05, 0) is 22.9 Å². The molecule has 0 aromatic carbocycles. The Kier molecular flexibility index (Phi) is 3.48. The number of halogens is 1. The summed E-state index contributed by atoms with van der Waals surface area (Å²) in [6.07, 6.45) is 3.22. The van der Waals surface area contributed by atoms with Crippen LogP contribution in [0.15, 0.2) is 22.9 Å². The van der Waals surface area contributed by atoms with Crippen LogP contribution < -0.4 is 0 Å². The van der Waals surface area contributed by atoms with E-state index in [1.54, 1.807) is 25.4 Å². The lowest BCUT2D eigenvalue weighted by Crippen LogP contribution is -2.04. The lowest BCUT2D eigenvalue weighted by atomic mass is 10.3. The number of carbonyl (C=O) groups is 1. The molecule has 0 atom stereocenters. The molecule has 2 heterocycles. The quantitative estimate of drug-likeness (QED) is 0.874. The Balaban J connectivity index is 2.23. The van der Waals surface area contributed by atoms with E-state index in [1.165, 1.54) is 0 Å².